The van der Waals surface area contributed by atoms with Gasteiger partial charge in [0.05, 0.1) is 16.3 Å². The number of hydrogen-bond acceptors (Lipinski definition) is 7. The molecular weight excluding hydrogens is 474 g/mol. The minimum absolute atomic E-state index is 0.0384. The predicted molar refractivity (Wildman–Crippen MR) is 134 cm³/mol. The highest BCUT2D eigenvalue weighted by Crippen LogP contribution is 2.29. The lowest BCUT2D eigenvalue weighted by atomic mass is 10.1. The Hall–Kier alpha value is -3.14. The van der Waals surface area contributed by atoms with Crippen LogP contribution in [0.5, 0.6) is 5.75 Å². The molecule has 0 spiro atoms. The number of hydrogen-bond donors (Lipinski definition) is 3. The number of halogens is 1. The van der Waals surface area contributed by atoms with Gasteiger partial charge in [-0.15, -0.1) is 11.8 Å². The average Bonchev–Trinajstić information content (AvgIpc) is 2.86. The SMILES string of the molecule is CSc1ccc(C(=O)Nc2cccnc2C(=O)Nc2ccc(Cl)cn2)c(OC2CCNCC2)c1. The Balaban J connectivity index is 1.54. The second-order valence-corrected chi connectivity index (χ2v) is 8.91. The maximum atomic E-state index is 13.3. The molecule has 4 rings (SSSR count). The van der Waals surface area contributed by atoms with Crippen LogP contribution in [0, 0.1) is 0 Å². The first kappa shape index (κ1) is 24.0. The summed E-state index contributed by atoms with van der Waals surface area (Å²) in [6.45, 7) is 1.76. The van der Waals surface area contributed by atoms with E-state index >= 15 is 0 Å². The van der Waals surface area contributed by atoms with E-state index in [2.05, 4.69) is 25.9 Å². The van der Waals surface area contributed by atoms with Crippen LogP contribution >= 0.6 is 23.4 Å². The van der Waals surface area contributed by atoms with Crippen molar-refractivity contribution in [3.8, 4) is 5.75 Å². The third kappa shape index (κ3) is 6.05. The van der Waals surface area contributed by atoms with Crippen LogP contribution in [0.3, 0.4) is 0 Å². The van der Waals surface area contributed by atoms with E-state index < -0.39 is 5.91 Å². The molecule has 8 nitrogen and oxygen atoms in total. The Bertz CT molecular complexity index is 1170. The van der Waals surface area contributed by atoms with Crippen molar-refractivity contribution in [3.63, 3.8) is 0 Å². The van der Waals surface area contributed by atoms with Crippen LogP contribution < -0.4 is 20.7 Å². The highest BCUT2D eigenvalue weighted by Gasteiger charge is 2.22. The van der Waals surface area contributed by atoms with Gasteiger partial charge in [-0.05, 0) is 74.7 Å². The van der Waals surface area contributed by atoms with Crippen LogP contribution in [0.4, 0.5) is 11.5 Å². The first-order chi connectivity index (χ1) is 16.5. The number of nitrogens with zero attached hydrogens (tertiary/aromatic N) is 2. The Morgan fingerprint density at radius 2 is 1.91 bits per heavy atom. The summed E-state index contributed by atoms with van der Waals surface area (Å²) in [6.07, 6.45) is 6.67. The number of carbonyl (C=O) groups excluding carboxylic acids is 2. The molecule has 1 saturated heterocycles. The van der Waals surface area contributed by atoms with Crippen molar-refractivity contribution in [2.45, 2.75) is 23.8 Å². The molecule has 0 atom stereocenters. The highest BCUT2D eigenvalue weighted by atomic mass is 35.5. The zero-order chi connectivity index (χ0) is 23.9. The molecule has 2 amide bonds. The highest BCUT2D eigenvalue weighted by molar-refractivity contribution is 7.98. The summed E-state index contributed by atoms with van der Waals surface area (Å²) in [5, 5.41) is 9.25. The quantitative estimate of drug-likeness (QED) is 0.413. The molecule has 34 heavy (non-hydrogen) atoms. The lowest BCUT2D eigenvalue weighted by Gasteiger charge is -2.25. The topological polar surface area (TPSA) is 105 Å². The lowest BCUT2D eigenvalue weighted by molar-refractivity contribution is 0.101. The molecule has 0 saturated carbocycles. The van der Waals surface area contributed by atoms with Crippen molar-refractivity contribution in [3.05, 3.63) is 71.1 Å². The van der Waals surface area contributed by atoms with Gasteiger partial charge < -0.3 is 20.7 Å². The summed E-state index contributed by atoms with van der Waals surface area (Å²) >= 11 is 7.43. The van der Waals surface area contributed by atoms with Crippen LogP contribution in [0.15, 0.2) is 59.8 Å². The van der Waals surface area contributed by atoms with E-state index in [1.165, 1.54) is 12.4 Å². The van der Waals surface area contributed by atoms with E-state index in [0.29, 0.717) is 22.2 Å². The van der Waals surface area contributed by atoms with E-state index in [1.54, 1.807) is 42.1 Å². The minimum atomic E-state index is -0.505. The van der Waals surface area contributed by atoms with Crippen molar-refractivity contribution >= 4 is 46.7 Å². The van der Waals surface area contributed by atoms with Gasteiger partial charge in [0, 0.05) is 17.3 Å². The Morgan fingerprint density at radius 1 is 1.09 bits per heavy atom. The molecule has 0 bridgehead atoms. The number of ether oxygens (including phenoxy) is 1. The molecule has 1 aliphatic rings. The van der Waals surface area contributed by atoms with Gasteiger partial charge in [0.1, 0.15) is 17.7 Å². The van der Waals surface area contributed by atoms with Crippen LogP contribution in [-0.4, -0.2) is 47.2 Å². The molecular formula is C24H24ClN5O3S. The number of benzene rings is 1. The smallest absolute Gasteiger partial charge is 0.277 e. The van der Waals surface area contributed by atoms with Crippen molar-refractivity contribution in [2.75, 3.05) is 30.0 Å². The number of aromatic nitrogens is 2. The predicted octanol–water partition coefficient (Wildman–Crippen LogP) is 4.49. The van der Waals surface area contributed by atoms with Gasteiger partial charge in [0.2, 0.25) is 0 Å². The fourth-order valence-electron chi connectivity index (χ4n) is 3.51. The standard InChI is InChI=1S/C24H24ClN5O3S/c1-34-17-5-6-18(20(13-17)33-16-8-11-26-12-9-16)23(31)29-19-3-2-10-27-22(19)24(32)30-21-7-4-15(25)14-28-21/h2-7,10,13-14,16,26H,8-9,11-12H2,1H3,(H,29,31)(H,28,30,32). The molecule has 3 heterocycles. The van der Waals surface area contributed by atoms with E-state index in [1.807, 2.05) is 18.4 Å². The summed E-state index contributed by atoms with van der Waals surface area (Å²) in [5.41, 5.74) is 0.737. The number of nitrogens with one attached hydrogen (secondary N) is 3. The minimum Gasteiger partial charge on any atom is -0.489 e. The number of thioether (sulfide) groups is 1. The molecule has 2 aromatic heterocycles. The fourth-order valence-corrected chi connectivity index (χ4v) is 4.05. The van der Waals surface area contributed by atoms with E-state index in [-0.39, 0.29) is 23.4 Å². The molecule has 176 valence electrons. The summed E-state index contributed by atoms with van der Waals surface area (Å²) < 4.78 is 6.23. The molecule has 0 aliphatic carbocycles. The number of rotatable bonds is 7. The van der Waals surface area contributed by atoms with Gasteiger partial charge >= 0.3 is 0 Å². The van der Waals surface area contributed by atoms with E-state index in [4.69, 9.17) is 16.3 Å². The maximum absolute atomic E-state index is 13.3. The largest absolute Gasteiger partial charge is 0.489 e. The van der Waals surface area contributed by atoms with Crippen LogP contribution in [0.1, 0.15) is 33.7 Å². The Kier molecular flexibility index (Phi) is 7.99. The molecule has 0 radical (unpaired) electrons. The Morgan fingerprint density at radius 3 is 2.65 bits per heavy atom. The molecule has 10 heteroatoms. The van der Waals surface area contributed by atoms with Crippen molar-refractivity contribution < 1.29 is 14.3 Å². The zero-order valence-electron chi connectivity index (χ0n) is 18.5. The van der Waals surface area contributed by atoms with Gasteiger partial charge in [-0.2, -0.15) is 0 Å². The third-order valence-corrected chi connectivity index (χ3v) is 6.20. The number of pyridine rings is 2. The second-order valence-electron chi connectivity index (χ2n) is 7.60. The molecule has 1 aliphatic heterocycles. The summed E-state index contributed by atoms with van der Waals surface area (Å²) in [4.78, 5) is 35.3. The molecule has 1 aromatic carbocycles. The average molecular weight is 498 g/mol. The number of carbonyl (C=O) groups is 2. The molecule has 1 fully saturated rings. The maximum Gasteiger partial charge on any atom is 0.277 e. The van der Waals surface area contributed by atoms with Crippen molar-refractivity contribution in [1.29, 1.82) is 0 Å². The van der Waals surface area contributed by atoms with Crippen LogP contribution in [0.2, 0.25) is 5.02 Å². The Labute approximate surface area is 206 Å². The first-order valence-electron chi connectivity index (χ1n) is 10.8. The molecule has 3 N–H and O–H groups in total. The van der Waals surface area contributed by atoms with Gasteiger partial charge in [-0.1, -0.05) is 11.6 Å². The van der Waals surface area contributed by atoms with E-state index in [9.17, 15) is 9.59 Å². The number of piperidine rings is 1. The lowest BCUT2D eigenvalue weighted by Crippen LogP contribution is -2.34. The molecule has 3 aromatic rings. The van der Waals surface area contributed by atoms with Crippen LogP contribution in [0.25, 0.3) is 0 Å². The van der Waals surface area contributed by atoms with Gasteiger partial charge in [0.15, 0.2) is 5.69 Å². The summed E-state index contributed by atoms with van der Waals surface area (Å²) in [6, 6.07) is 12.0. The van der Waals surface area contributed by atoms with Gasteiger partial charge in [-0.25, -0.2) is 9.97 Å². The van der Waals surface area contributed by atoms with Crippen molar-refractivity contribution in [1.82, 2.24) is 15.3 Å². The second kappa shape index (κ2) is 11.3. The van der Waals surface area contributed by atoms with Crippen LogP contribution in [-0.2, 0) is 0 Å². The van der Waals surface area contributed by atoms with Crippen molar-refractivity contribution in [2.24, 2.45) is 0 Å². The zero-order valence-corrected chi connectivity index (χ0v) is 20.1. The van der Waals surface area contributed by atoms with E-state index in [0.717, 1.165) is 30.8 Å². The summed E-state index contributed by atoms with van der Waals surface area (Å²) in [7, 11) is 0. The third-order valence-electron chi connectivity index (χ3n) is 5.25. The molecule has 0 unspecified atom stereocenters. The number of anilines is 2. The van der Waals surface area contributed by atoms with Gasteiger partial charge in [-0.3, -0.25) is 9.59 Å². The first-order valence-corrected chi connectivity index (χ1v) is 12.4. The number of amides is 2. The monoisotopic (exact) mass is 497 g/mol. The normalized spacial score (nSPS) is 13.8. The fraction of sp³-hybridized carbons (Fsp3) is 0.250. The van der Waals surface area contributed by atoms with Gasteiger partial charge in [0.25, 0.3) is 11.8 Å². The summed E-state index contributed by atoms with van der Waals surface area (Å²) in [5.74, 6) is -0.0444.